The fourth-order valence-corrected chi connectivity index (χ4v) is 2.95. The minimum atomic E-state index is -0.915. The minimum absolute atomic E-state index is 0.129. The number of imidazole rings is 1. The Morgan fingerprint density at radius 1 is 1.29 bits per heavy atom. The van der Waals surface area contributed by atoms with Gasteiger partial charge in [-0.3, -0.25) is 23.5 Å². The van der Waals surface area contributed by atoms with E-state index in [-0.39, 0.29) is 30.2 Å². The van der Waals surface area contributed by atoms with Crippen molar-refractivity contribution in [2.24, 2.45) is 20.0 Å². The maximum absolute atomic E-state index is 12.4. The van der Waals surface area contributed by atoms with E-state index < -0.39 is 23.1 Å². The second-order valence-corrected chi connectivity index (χ2v) is 5.91. The Bertz CT molecular complexity index is 953. The molecular weight excluding hydrogens is 318 g/mol. The summed E-state index contributed by atoms with van der Waals surface area (Å²) in [5.74, 6) is -1.75. The van der Waals surface area contributed by atoms with E-state index in [2.05, 4.69) is 4.98 Å². The van der Waals surface area contributed by atoms with Gasteiger partial charge in [0.05, 0.1) is 12.2 Å². The van der Waals surface area contributed by atoms with Crippen molar-refractivity contribution in [1.29, 1.82) is 0 Å². The predicted octanol–water partition coefficient (Wildman–Crippen LogP) is -1.63. The van der Waals surface area contributed by atoms with Crippen LogP contribution in [0.25, 0.3) is 11.2 Å². The molecule has 10 heteroatoms. The van der Waals surface area contributed by atoms with Gasteiger partial charge in [0.15, 0.2) is 11.2 Å². The number of hydrogen-bond acceptors (Lipinski definition) is 5. The molecule has 1 fully saturated rings. The zero-order chi connectivity index (χ0) is 17.6. The van der Waals surface area contributed by atoms with Crippen LogP contribution in [0.5, 0.6) is 0 Å². The number of carboxylic acids is 1. The van der Waals surface area contributed by atoms with Crippen LogP contribution in [0.3, 0.4) is 0 Å². The van der Waals surface area contributed by atoms with Crippen molar-refractivity contribution in [2.75, 3.05) is 13.1 Å². The zero-order valence-electron chi connectivity index (χ0n) is 13.3. The maximum atomic E-state index is 12.4. The highest BCUT2D eigenvalue weighted by molar-refractivity contribution is 5.80. The number of aliphatic carboxylic acids is 1. The molecule has 1 aliphatic rings. The second kappa shape index (κ2) is 5.62. The number of aryl methyl sites for hydroxylation is 1. The first-order valence-electron chi connectivity index (χ1n) is 7.42. The largest absolute Gasteiger partial charge is 0.481 e. The molecule has 1 N–H and O–H groups in total. The van der Waals surface area contributed by atoms with E-state index in [9.17, 15) is 19.2 Å². The number of amides is 1. The summed E-state index contributed by atoms with van der Waals surface area (Å²) >= 11 is 0. The van der Waals surface area contributed by atoms with Crippen molar-refractivity contribution in [3.8, 4) is 0 Å². The van der Waals surface area contributed by atoms with Crippen molar-refractivity contribution in [3.63, 3.8) is 0 Å². The molecule has 0 aliphatic carbocycles. The number of aromatic nitrogens is 4. The molecule has 0 radical (unpaired) electrons. The topological polar surface area (TPSA) is 119 Å². The number of rotatable bonds is 3. The molecule has 1 saturated heterocycles. The quantitative estimate of drug-likeness (QED) is 0.719. The molecule has 3 rings (SSSR count). The van der Waals surface area contributed by atoms with Crippen LogP contribution in [0.4, 0.5) is 0 Å². The highest BCUT2D eigenvalue weighted by atomic mass is 16.4. The lowest BCUT2D eigenvalue weighted by Gasteiger charge is -2.16. The van der Waals surface area contributed by atoms with E-state index in [4.69, 9.17) is 5.11 Å². The van der Waals surface area contributed by atoms with Gasteiger partial charge in [0, 0.05) is 27.2 Å². The summed E-state index contributed by atoms with van der Waals surface area (Å²) in [6.45, 7) is 0.409. The average Bonchev–Trinajstić information content (AvgIpc) is 3.18. The van der Waals surface area contributed by atoms with Gasteiger partial charge in [-0.2, -0.15) is 0 Å². The Labute approximate surface area is 135 Å². The van der Waals surface area contributed by atoms with Crippen molar-refractivity contribution in [3.05, 3.63) is 27.2 Å². The van der Waals surface area contributed by atoms with Crippen LogP contribution in [-0.4, -0.2) is 53.7 Å². The third kappa shape index (κ3) is 2.39. The second-order valence-electron chi connectivity index (χ2n) is 5.91. The molecule has 2 aromatic heterocycles. The lowest BCUT2D eigenvalue weighted by atomic mass is 10.1. The van der Waals surface area contributed by atoms with Crippen molar-refractivity contribution in [2.45, 2.75) is 13.0 Å². The molecule has 1 aliphatic heterocycles. The van der Waals surface area contributed by atoms with Crippen LogP contribution in [-0.2, 0) is 30.2 Å². The van der Waals surface area contributed by atoms with Crippen molar-refractivity contribution < 1.29 is 14.7 Å². The van der Waals surface area contributed by atoms with E-state index in [0.717, 1.165) is 4.57 Å². The van der Waals surface area contributed by atoms with Crippen LogP contribution >= 0.6 is 0 Å². The SMILES string of the molecule is Cn1c(=O)c2c(ncn2CC(=O)N2CCC(C(=O)O)C2)n(C)c1=O. The molecular formula is C14H17N5O5. The van der Waals surface area contributed by atoms with E-state index in [0.29, 0.717) is 13.0 Å². The Kier molecular flexibility index (Phi) is 3.74. The Balaban J connectivity index is 1.92. The van der Waals surface area contributed by atoms with Gasteiger partial charge in [0.2, 0.25) is 5.91 Å². The van der Waals surface area contributed by atoms with E-state index in [1.54, 1.807) is 0 Å². The summed E-state index contributed by atoms with van der Waals surface area (Å²) in [6, 6.07) is 0. The molecule has 128 valence electrons. The lowest BCUT2D eigenvalue weighted by Crippen LogP contribution is -2.38. The van der Waals surface area contributed by atoms with Gasteiger partial charge in [0.1, 0.15) is 6.54 Å². The van der Waals surface area contributed by atoms with E-state index in [1.807, 2.05) is 0 Å². The van der Waals surface area contributed by atoms with Crippen molar-refractivity contribution in [1.82, 2.24) is 23.6 Å². The smallest absolute Gasteiger partial charge is 0.332 e. The van der Waals surface area contributed by atoms with E-state index in [1.165, 1.54) is 34.5 Å². The summed E-state index contributed by atoms with van der Waals surface area (Å²) < 4.78 is 3.60. The fourth-order valence-electron chi connectivity index (χ4n) is 2.95. The molecule has 0 spiro atoms. The molecule has 24 heavy (non-hydrogen) atoms. The number of hydrogen-bond donors (Lipinski definition) is 1. The molecule has 0 saturated carbocycles. The summed E-state index contributed by atoms with van der Waals surface area (Å²) in [5.41, 5.74) is -0.640. The zero-order valence-corrected chi connectivity index (χ0v) is 13.3. The molecule has 10 nitrogen and oxygen atoms in total. The Morgan fingerprint density at radius 2 is 2.00 bits per heavy atom. The highest BCUT2D eigenvalue weighted by Gasteiger charge is 2.31. The molecule has 1 amide bonds. The molecule has 1 unspecified atom stereocenters. The standard InChI is InChI=1S/C14H17N5O5/c1-16-11-10(12(21)17(2)14(16)24)19(7-15-11)6-9(20)18-4-3-8(5-18)13(22)23/h7-8H,3-6H2,1-2H3,(H,22,23). The van der Waals surface area contributed by atoms with Gasteiger partial charge in [-0.05, 0) is 6.42 Å². The molecule has 0 aromatic carbocycles. The number of likely N-dealkylation sites (tertiary alicyclic amines) is 1. The third-order valence-corrected chi connectivity index (χ3v) is 4.41. The van der Waals surface area contributed by atoms with Gasteiger partial charge < -0.3 is 14.6 Å². The summed E-state index contributed by atoms with van der Waals surface area (Å²) in [6.07, 6.45) is 1.76. The Morgan fingerprint density at radius 3 is 2.62 bits per heavy atom. The Hall–Kier alpha value is -2.91. The third-order valence-electron chi connectivity index (χ3n) is 4.41. The van der Waals surface area contributed by atoms with Crippen molar-refractivity contribution >= 4 is 23.0 Å². The first-order chi connectivity index (χ1) is 11.3. The van der Waals surface area contributed by atoms with Crippen LogP contribution in [0.1, 0.15) is 6.42 Å². The van der Waals surface area contributed by atoms with Crippen LogP contribution in [0, 0.1) is 5.92 Å². The molecule has 3 heterocycles. The maximum Gasteiger partial charge on any atom is 0.332 e. The average molecular weight is 335 g/mol. The minimum Gasteiger partial charge on any atom is -0.481 e. The number of carboxylic acid groups (broad SMARTS) is 1. The highest BCUT2D eigenvalue weighted by Crippen LogP contribution is 2.17. The normalized spacial score (nSPS) is 17.6. The number of carbonyl (C=O) groups is 2. The summed E-state index contributed by atoms with van der Waals surface area (Å²) in [7, 11) is 2.86. The van der Waals surface area contributed by atoms with Gasteiger partial charge in [-0.25, -0.2) is 9.78 Å². The number of carbonyl (C=O) groups excluding carboxylic acids is 1. The van der Waals surface area contributed by atoms with Crippen LogP contribution in [0.2, 0.25) is 0 Å². The van der Waals surface area contributed by atoms with Gasteiger partial charge >= 0.3 is 11.7 Å². The lowest BCUT2D eigenvalue weighted by molar-refractivity contribution is -0.141. The van der Waals surface area contributed by atoms with E-state index >= 15 is 0 Å². The predicted molar refractivity (Wildman–Crippen MR) is 82.5 cm³/mol. The van der Waals surface area contributed by atoms with Gasteiger partial charge in [-0.15, -0.1) is 0 Å². The van der Waals surface area contributed by atoms with Crippen LogP contribution < -0.4 is 11.2 Å². The number of fused-ring (bicyclic) bond motifs is 1. The number of nitrogens with zero attached hydrogens (tertiary/aromatic N) is 5. The first kappa shape index (κ1) is 16.0. The summed E-state index contributed by atoms with van der Waals surface area (Å²) in [4.78, 5) is 53.1. The van der Waals surface area contributed by atoms with Gasteiger partial charge in [-0.1, -0.05) is 0 Å². The molecule has 2 aromatic rings. The van der Waals surface area contributed by atoms with Crippen LogP contribution in [0.15, 0.2) is 15.9 Å². The first-order valence-corrected chi connectivity index (χ1v) is 7.42. The monoisotopic (exact) mass is 335 g/mol. The molecule has 0 bridgehead atoms. The van der Waals surface area contributed by atoms with Gasteiger partial charge in [0.25, 0.3) is 5.56 Å². The molecule has 1 atom stereocenters. The fraction of sp³-hybridized carbons (Fsp3) is 0.500. The summed E-state index contributed by atoms with van der Waals surface area (Å²) in [5, 5.41) is 9.00.